The first-order valence-electron chi connectivity index (χ1n) is 10.9. The van der Waals surface area contributed by atoms with Crippen LogP contribution in [0.3, 0.4) is 0 Å². The Morgan fingerprint density at radius 2 is 1.93 bits per heavy atom. The number of aliphatic hydroxyl groups is 1. The van der Waals surface area contributed by atoms with Gasteiger partial charge in [0.25, 0.3) is 0 Å². The summed E-state index contributed by atoms with van der Waals surface area (Å²) >= 11 is 0. The molecule has 3 fully saturated rings. The molecule has 0 unspecified atom stereocenters. The number of amides is 1. The third kappa shape index (κ3) is 2.66. The molecule has 0 saturated heterocycles. The Morgan fingerprint density at radius 3 is 2.69 bits per heavy atom. The fraction of sp³-hybridized carbons (Fsp3) is 0.625. The highest BCUT2D eigenvalue weighted by Gasteiger charge is 2.61. The summed E-state index contributed by atoms with van der Waals surface area (Å²) in [5, 5.41) is 11.3. The minimum absolute atomic E-state index is 0.0393. The molecule has 5 nitrogen and oxygen atoms in total. The van der Waals surface area contributed by atoms with Crippen LogP contribution in [0.4, 0.5) is 0 Å². The highest BCUT2D eigenvalue weighted by molar-refractivity contribution is 5.89. The third-order valence-electron chi connectivity index (χ3n) is 8.93. The van der Waals surface area contributed by atoms with Gasteiger partial charge in [-0.15, -0.1) is 0 Å². The van der Waals surface area contributed by atoms with Gasteiger partial charge >= 0.3 is 0 Å². The van der Waals surface area contributed by atoms with E-state index in [9.17, 15) is 9.90 Å². The lowest BCUT2D eigenvalue weighted by Gasteiger charge is -2.59. The molecule has 1 aromatic heterocycles. The molecule has 29 heavy (non-hydrogen) atoms. The summed E-state index contributed by atoms with van der Waals surface area (Å²) in [4.78, 5) is 22.4. The van der Waals surface area contributed by atoms with Crippen molar-refractivity contribution in [3.05, 3.63) is 42.0 Å². The van der Waals surface area contributed by atoms with Crippen LogP contribution in [0.25, 0.3) is 6.08 Å². The van der Waals surface area contributed by atoms with Crippen molar-refractivity contribution in [2.24, 2.45) is 28.6 Å². The molecule has 7 atom stereocenters. The second-order valence-electron chi connectivity index (χ2n) is 10.2. The quantitative estimate of drug-likeness (QED) is 0.793. The molecular weight excluding hydrogens is 362 g/mol. The van der Waals surface area contributed by atoms with Crippen molar-refractivity contribution in [2.45, 2.75) is 58.1 Å². The molecule has 3 saturated carbocycles. The van der Waals surface area contributed by atoms with Crippen molar-refractivity contribution in [1.82, 2.24) is 14.9 Å². The lowest BCUT2D eigenvalue weighted by atomic mass is 9.48. The number of fused-ring (bicyclic) bond motifs is 5. The minimum Gasteiger partial charge on any atom is -0.388 e. The van der Waals surface area contributed by atoms with Crippen molar-refractivity contribution in [1.29, 1.82) is 0 Å². The average molecular weight is 394 g/mol. The SMILES string of the molecule is CN1C(=O)C=C[C@]2(C)[C@H]3CC[C@]4(C)[C@@H](O)/C(=C\c5cncnc5)C[C@H]4[C@@H]3CC[C@@H]12. The van der Waals surface area contributed by atoms with E-state index in [1.54, 1.807) is 6.08 Å². The van der Waals surface area contributed by atoms with E-state index >= 15 is 0 Å². The van der Waals surface area contributed by atoms with E-state index in [-0.39, 0.29) is 16.7 Å². The van der Waals surface area contributed by atoms with Crippen LogP contribution < -0.4 is 0 Å². The maximum absolute atomic E-state index is 12.2. The Hall–Kier alpha value is -2.01. The molecule has 1 aliphatic heterocycles. The van der Waals surface area contributed by atoms with Gasteiger partial charge in [0.1, 0.15) is 6.33 Å². The largest absolute Gasteiger partial charge is 0.388 e. The second kappa shape index (κ2) is 6.49. The van der Waals surface area contributed by atoms with Crippen LogP contribution in [0, 0.1) is 28.6 Å². The topological polar surface area (TPSA) is 66.3 Å². The first-order chi connectivity index (χ1) is 13.8. The Morgan fingerprint density at radius 1 is 1.17 bits per heavy atom. The maximum atomic E-state index is 12.2. The smallest absolute Gasteiger partial charge is 0.246 e. The molecular formula is C24H31N3O2. The molecule has 1 aromatic rings. The van der Waals surface area contributed by atoms with Gasteiger partial charge < -0.3 is 10.0 Å². The standard InChI is InChI=1S/C24H31N3O2/c1-23-9-7-21(28)27(3)20(23)5-4-17-18(23)6-8-24(2)19(17)11-16(22(24)29)10-15-12-25-14-26-13-15/h7,9-10,12-14,17-20,22,29H,4-6,8,11H2,1-3H3/b16-10-/t17-,18+,19+,20-,22+,23-,24+/m1/s1. The molecule has 0 bridgehead atoms. The van der Waals surface area contributed by atoms with Gasteiger partial charge in [-0.25, -0.2) is 9.97 Å². The van der Waals surface area contributed by atoms with Gasteiger partial charge in [0, 0.05) is 41.9 Å². The first kappa shape index (κ1) is 19.0. The Bertz CT molecular complexity index is 881. The number of nitrogens with zero attached hydrogens (tertiary/aromatic N) is 3. The van der Waals surface area contributed by atoms with Gasteiger partial charge in [-0.3, -0.25) is 4.79 Å². The van der Waals surface area contributed by atoms with E-state index in [0.717, 1.165) is 43.2 Å². The molecule has 5 rings (SSSR count). The van der Waals surface area contributed by atoms with Gasteiger partial charge in [0.15, 0.2) is 0 Å². The van der Waals surface area contributed by atoms with Crippen molar-refractivity contribution in [2.75, 3.05) is 7.05 Å². The lowest BCUT2D eigenvalue weighted by Crippen LogP contribution is -2.59. The van der Waals surface area contributed by atoms with Crippen LogP contribution in [0.2, 0.25) is 0 Å². The van der Waals surface area contributed by atoms with Crippen molar-refractivity contribution in [3.8, 4) is 0 Å². The zero-order chi connectivity index (χ0) is 20.4. The number of hydrogen-bond acceptors (Lipinski definition) is 4. The van der Waals surface area contributed by atoms with E-state index in [4.69, 9.17) is 0 Å². The second-order valence-corrected chi connectivity index (χ2v) is 10.2. The number of hydrogen-bond donors (Lipinski definition) is 1. The Labute approximate surface area is 172 Å². The number of aromatic nitrogens is 2. The molecule has 1 N–H and O–H groups in total. The van der Waals surface area contributed by atoms with E-state index in [1.807, 2.05) is 24.3 Å². The molecule has 0 spiro atoms. The summed E-state index contributed by atoms with van der Waals surface area (Å²) in [7, 11) is 1.96. The maximum Gasteiger partial charge on any atom is 0.246 e. The number of aliphatic hydroxyl groups excluding tert-OH is 1. The Balaban J connectivity index is 1.48. The fourth-order valence-electron chi connectivity index (χ4n) is 7.34. The highest BCUT2D eigenvalue weighted by Crippen LogP contribution is 2.64. The first-order valence-corrected chi connectivity index (χ1v) is 10.9. The molecule has 1 amide bonds. The molecule has 0 aromatic carbocycles. The van der Waals surface area contributed by atoms with Crippen LogP contribution in [0.1, 0.15) is 51.5 Å². The number of carbonyl (C=O) groups is 1. The van der Waals surface area contributed by atoms with E-state index < -0.39 is 6.10 Å². The van der Waals surface area contributed by atoms with Gasteiger partial charge in [0.2, 0.25) is 5.91 Å². The lowest BCUT2D eigenvalue weighted by molar-refractivity contribution is -0.140. The van der Waals surface area contributed by atoms with Crippen LogP contribution in [-0.2, 0) is 4.79 Å². The van der Waals surface area contributed by atoms with Crippen LogP contribution in [0.5, 0.6) is 0 Å². The van der Waals surface area contributed by atoms with Crippen LogP contribution in [-0.4, -0.2) is 45.1 Å². The fourth-order valence-corrected chi connectivity index (χ4v) is 7.34. The highest BCUT2D eigenvalue weighted by atomic mass is 16.3. The van der Waals surface area contributed by atoms with Crippen molar-refractivity contribution >= 4 is 12.0 Å². The number of likely N-dealkylation sites (N-methyl/N-ethyl adjacent to an activating group) is 1. The van der Waals surface area contributed by atoms with Gasteiger partial charge in [-0.2, -0.15) is 0 Å². The average Bonchev–Trinajstić information content (AvgIpc) is 2.97. The van der Waals surface area contributed by atoms with Crippen molar-refractivity contribution in [3.63, 3.8) is 0 Å². The molecule has 3 aliphatic carbocycles. The van der Waals surface area contributed by atoms with Crippen molar-refractivity contribution < 1.29 is 9.90 Å². The van der Waals surface area contributed by atoms with Gasteiger partial charge in [-0.05, 0) is 61.5 Å². The van der Waals surface area contributed by atoms with E-state index in [0.29, 0.717) is 23.8 Å². The third-order valence-corrected chi connectivity index (χ3v) is 8.93. The summed E-state index contributed by atoms with van der Waals surface area (Å²) in [6.07, 6.45) is 16.2. The van der Waals surface area contributed by atoms with E-state index in [2.05, 4.69) is 36.0 Å². The molecule has 4 aliphatic rings. The zero-order valence-corrected chi connectivity index (χ0v) is 17.6. The normalized spacial score (nSPS) is 45.1. The van der Waals surface area contributed by atoms with Crippen LogP contribution >= 0.6 is 0 Å². The van der Waals surface area contributed by atoms with Gasteiger partial charge in [-0.1, -0.05) is 26.0 Å². The summed E-state index contributed by atoms with van der Waals surface area (Å²) in [6, 6.07) is 0.299. The summed E-state index contributed by atoms with van der Waals surface area (Å²) in [5.74, 6) is 1.78. The minimum atomic E-state index is -0.398. The van der Waals surface area contributed by atoms with Crippen LogP contribution in [0.15, 0.2) is 36.4 Å². The molecule has 0 radical (unpaired) electrons. The summed E-state index contributed by atoms with van der Waals surface area (Å²) in [6.45, 7) is 4.65. The zero-order valence-electron chi connectivity index (χ0n) is 17.6. The Kier molecular flexibility index (Phi) is 4.25. The summed E-state index contributed by atoms with van der Waals surface area (Å²) < 4.78 is 0. The monoisotopic (exact) mass is 393 g/mol. The number of rotatable bonds is 1. The number of carbonyl (C=O) groups excluding carboxylic acids is 1. The predicted molar refractivity (Wildman–Crippen MR) is 111 cm³/mol. The molecule has 154 valence electrons. The molecule has 5 heteroatoms. The predicted octanol–water partition coefficient (Wildman–Crippen LogP) is 3.47. The van der Waals surface area contributed by atoms with E-state index in [1.165, 1.54) is 6.33 Å². The molecule has 2 heterocycles. The summed E-state index contributed by atoms with van der Waals surface area (Å²) in [5.41, 5.74) is 2.07. The van der Waals surface area contributed by atoms with Gasteiger partial charge in [0.05, 0.1) is 6.10 Å².